The van der Waals surface area contributed by atoms with E-state index in [2.05, 4.69) is 10.6 Å². The average molecular weight is 377 g/mol. The van der Waals surface area contributed by atoms with Crippen molar-refractivity contribution in [3.63, 3.8) is 0 Å². The van der Waals surface area contributed by atoms with Crippen LogP contribution in [0.4, 0.5) is 4.79 Å². The fraction of sp³-hybridized carbons (Fsp3) is 0.600. The minimum absolute atomic E-state index is 0.0437. The fourth-order valence-corrected chi connectivity index (χ4v) is 3.38. The number of rotatable bonds is 8. The van der Waals surface area contributed by atoms with Crippen molar-refractivity contribution >= 4 is 11.9 Å². The van der Waals surface area contributed by atoms with Crippen LogP contribution in [0.25, 0.3) is 0 Å². The zero-order valence-corrected chi connectivity index (χ0v) is 16.5. The normalized spacial score (nSPS) is 14.3. The number of benzene rings is 1. The molecule has 27 heavy (non-hydrogen) atoms. The van der Waals surface area contributed by atoms with E-state index in [9.17, 15) is 9.59 Å². The van der Waals surface area contributed by atoms with Gasteiger partial charge in [0.2, 0.25) is 5.91 Å². The van der Waals surface area contributed by atoms with Crippen LogP contribution in [0.1, 0.15) is 44.1 Å². The quantitative estimate of drug-likeness (QED) is 0.730. The largest absolute Gasteiger partial charge is 0.493 e. The molecule has 1 saturated carbocycles. The molecule has 0 saturated heterocycles. The summed E-state index contributed by atoms with van der Waals surface area (Å²) in [5.74, 6) is 1.22. The summed E-state index contributed by atoms with van der Waals surface area (Å²) in [5.41, 5.74) is 0.871. The Bertz CT molecular complexity index is 630. The minimum atomic E-state index is -0.188. The summed E-state index contributed by atoms with van der Waals surface area (Å²) in [7, 11) is 4.90. The molecule has 0 spiro atoms. The summed E-state index contributed by atoms with van der Waals surface area (Å²) >= 11 is 0. The average Bonchev–Trinajstić information content (AvgIpc) is 2.68. The minimum Gasteiger partial charge on any atom is -0.493 e. The van der Waals surface area contributed by atoms with Crippen LogP contribution < -0.4 is 20.1 Å². The van der Waals surface area contributed by atoms with Crippen LogP contribution >= 0.6 is 0 Å². The Morgan fingerprint density at radius 1 is 1.15 bits per heavy atom. The summed E-state index contributed by atoms with van der Waals surface area (Å²) in [6.45, 7) is 0.727. The fourth-order valence-electron chi connectivity index (χ4n) is 3.38. The van der Waals surface area contributed by atoms with E-state index in [1.807, 2.05) is 18.2 Å². The lowest BCUT2D eigenvalue weighted by atomic mass is 9.96. The molecule has 150 valence electrons. The van der Waals surface area contributed by atoms with Gasteiger partial charge >= 0.3 is 6.03 Å². The van der Waals surface area contributed by atoms with Crippen molar-refractivity contribution in [1.82, 2.24) is 15.5 Å². The van der Waals surface area contributed by atoms with Crippen LogP contribution in [0.15, 0.2) is 18.2 Å². The van der Waals surface area contributed by atoms with Crippen LogP contribution in [-0.2, 0) is 11.3 Å². The van der Waals surface area contributed by atoms with Crippen molar-refractivity contribution in [2.24, 2.45) is 0 Å². The molecule has 7 nitrogen and oxygen atoms in total. The van der Waals surface area contributed by atoms with Crippen molar-refractivity contribution in [3.8, 4) is 11.5 Å². The van der Waals surface area contributed by atoms with Crippen LogP contribution in [0.2, 0.25) is 0 Å². The molecular formula is C20H31N3O4. The van der Waals surface area contributed by atoms with E-state index in [1.165, 1.54) is 19.3 Å². The Morgan fingerprint density at radius 3 is 2.56 bits per heavy atom. The number of amides is 3. The molecule has 3 amide bonds. The zero-order chi connectivity index (χ0) is 19.6. The second kappa shape index (κ2) is 10.6. The number of urea groups is 1. The van der Waals surface area contributed by atoms with Gasteiger partial charge in [-0.15, -0.1) is 0 Å². The smallest absolute Gasteiger partial charge is 0.315 e. The van der Waals surface area contributed by atoms with E-state index in [1.54, 1.807) is 26.2 Å². The Morgan fingerprint density at radius 2 is 1.89 bits per heavy atom. The van der Waals surface area contributed by atoms with Gasteiger partial charge in [0.05, 0.1) is 14.2 Å². The number of hydrogen-bond donors (Lipinski definition) is 2. The second-order valence-corrected chi connectivity index (χ2v) is 6.89. The molecule has 0 unspecified atom stereocenters. The lowest BCUT2D eigenvalue weighted by Gasteiger charge is -2.23. The molecule has 1 aromatic rings. The monoisotopic (exact) mass is 377 g/mol. The Labute approximate surface area is 161 Å². The Balaban J connectivity index is 1.76. The first-order chi connectivity index (χ1) is 13.0. The molecule has 0 heterocycles. The van der Waals surface area contributed by atoms with Gasteiger partial charge in [-0.25, -0.2) is 4.79 Å². The summed E-state index contributed by atoms with van der Waals surface area (Å²) < 4.78 is 10.7. The molecule has 0 atom stereocenters. The van der Waals surface area contributed by atoms with Gasteiger partial charge in [0.1, 0.15) is 0 Å². The number of ether oxygens (including phenoxy) is 2. The van der Waals surface area contributed by atoms with Crippen molar-refractivity contribution in [3.05, 3.63) is 23.8 Å². The van der Waals surface area contributed by atoms with E-state index < -0.39 is 0 Å². The molecule has 1 fully saturated rings. The van der Waals surface area contributed by atoms with Crippen LogP contribution in [-0.4, -0.2) is 50.7 Å². The third-order valence-electron chi connectivity index (χ3n) is 4.88. The highest BCUT2D eigenvalue weighted by Gasteiger charge is 2.17. The summed E-state index contributed by atoms with van der Waals surface area (Å²) in [6.07, 6.45) is 5.92. The first-order valence-electron chi connectivity index (χ1n) is 9.53. The highest BCUT2D eigenvalue weighted by molar-refractivity contribution is 5.78. The standard InChI is InChI=1S/C20H31N3O4/c1-23(14-15-8-7-11-17(26-2)19(15)27-3)18(24)12-13-21-20(25)22-16-9-5-4-6-10-16/h7-8,11,16H,4-6,9-10,12-14H2,1-3H3,(H2,21,22,25). The molecule has 2 rings (SSSR count). The first-order valence-corrected chi connectivity index (χ1v) is 9.53. The van der Waals surface area contributed by atoms with E-state index in [0.29, 0.717) is 24.6 Å². The van der Waals surface area contributed by atoms with E-state index in [-0.39, 0.29) is 24.4 Å². The highest BCUT2D eigenvalue weighted by Crippen LogP contribution is 2.31. The third kappa shape index (κ3) is 6.34. The maximum Gasteiger partial charge on any atom is 0.315 e. The van der Waals surface area contributed by atoms with E-state index in [4.69, 9.17) is 9.47 Å². The number of carbonyl (C=O) groups is 2. The molecule has 7 heteroatoms. The molecule has 1 aliphatic rings. The van der Waals surface area contributed by atoms with Crippen LogP contribution in [0, 0.1) is 0 Å². The molecular weight excluding hydrogens is 346 g/mol. The highest BCUT2D eigenvalue weighted by atomic mass is 16.5. The molecule has 1 aromatic carbocycles. The third-order valence-corrected chi connectivity index (χ3v) is 4.88. The van der Waals surface area contributed by atoms with Crippen molar-refractivity contribution in [1.29, 1.82) is 0 Å². The lowest BCUT2D eigenvalue weighted by molar-refractivity contribution is -0.130. The predicted molar refractivity (Wildman–Crippen MR) is 104 cm³/mol. The molecule has 0 bridgehead atoms. The Kier molecular flexibility index (Phi) is 8.23. The first kappa shape index (κ1) is 20.9. The van der Waals surface area contributed by atoms with Gasteiger partial charge in [-0.3, -0.25) is 4.79 Å². The summed E-state index contributed by atoms with van der Waals surface area (Å²) in [4.78, 5) is 25.9. The van der Waals surface area contributed by atoms with Crippen molar-refractivity contribution < 1.29 is 19.1 Å². The zero-order valence-electron chi connectivity index (χ0n) is 16.5. The Hall–Kier alpha value is -2.44. The summed E-state index contributed by atoms with van der Waals surface area (Å²) in [6, 6.07) is 5.66. The van der Waals surface area contributed by atoms with Gasteiger partial charge < -0.3 is 25.0 Å². The number of hydrogen-bond acceptors (Lipinski definition) is 4. The number of carbonyl (C=O) groups excluding carboxylic acids is 2. The maximum absolute atomic E-state index is 12.4. The van der Waals surface area contributed by atoms with Crippen molar-refractivity contribution in [2.45, 2.75) is 51.1 Å². The second-order valence-electron chi connectivity index (χ2n) is 6.89. The van der Waals surface area contributed by atoms with Gasteiger partial charge in [0.15, 0.2) is 11.5 Å². The van der Waals surface area contributed by atoms with E-state index >= 15 is 0 Å². The molecule has 0 aromatic heterocycles. The molecule has 2 N–H and O–H groups in total. The molecule has 0 aliphatic heterocycles. The predicted octanol–water partition coefficient (Wildman–Crippen LogP) is 2.68. The number of nitrogens with zero attached hydrogens (tertiary/aromatic N) is 1. The van der Waals surface area contributed by atoms with Gasteiger partial charge in [-0.1, -0.05) is 31.4 Å². The SMILES string of the molecule is COc1cccc(CN(C)C(=O)CCNC(=O)NC2CCCCC2)c1OC. The number of nitrogens with one attached hydrogen (secondary N) is 2. The number of methoxy groups -OCH3 is 2. The van der Waals surface area contributed by atoms with E-state index in [0.717, 1.165) is 18.4 Å². The van der Waals surface area contributed by atoms with Gasteiger partial charge in [0, 0.05) is 38.2 Å². The molecule has 1 aliphatic carbocycles. The van der Waals surface area contributed by atoms with Crippen LogP contribution in [0.3, 0.4) is 0 Å². The van der Waals surface area contributed by atoms with Gasteiger partial charge in [-0.2, -0.15) is 0 Å². The molecule has 0 radical (unpaired) electrons. The van der Waals surface area contributed by atoms with Gasteiger partial charge in [0.25, 0.3) is 0 Å². The number of para-hydroxylation sites is 1. The topological polar surface area (TPSA) is 79.9 Å². The van der Waals surface area contributed by atoms with Crippen molar-refractivity contribution in [2.75, 3.05) is 27.8 Å². The van der Waals surface area contributed by atoms with Crippen LogP contribution in [0.5, 0.6) is 11.5 Å². The summed E-state index contributed by atoms with van der Waals surface area (Å²) in [5, 5.41) is 5.76. The maximum atomic E-state index is 12.4. The lowest BCUT2D eigenvalue weighted by Crippen LogP contribution is -2.43. The van der Waals surface area contributed by atoms with Gasteiger partial charge in [-0.05, 0) is 18.9 Å².